The van der Waals surface area contributed by atoms with Gasteiger partial charge in [-0.05, 0) is 18.6 Å². The lowest BCUT2D eigenvalue weighted by atomic mass is 10.5. The molecule has 1 nitrogen and oxygen atoms in total. The Morgan fingerprint density at radius 1 is 1.10 bits per heavy atom. The summed E-state index contributed by atoms with van der Waals surface area (Å²) in [6.45, 7) is 7.33. The number of aryl methyl sites for hydroxylation is 1. The van der Waals surface area contributed by atoms with Crippen LogP contribution in [0.1, 0.15) is 27.2 Å². The van der Waals surface area contributed by atoms with Crippen LogP contribution in [0.25, 0.3) is 0 Å². The van der Waals surface area contributed by atoms with E-state index in [4.69, 9.17) is 0 Å². The predicted octanol–water partition coefficient (Wildman–Crippen LogP) is 2.92. The first-order chi connectivity index (χ1) is 4.93. The van der Waals surface area contributed by atoms with Crippen LogP contribution in [0.4, 0.5) is 0 Å². The van der Waals surface area contributed by atoms with Crippen molar-refractivity contribution in [3.05, 3.63) is 24.5 Å². The molecule has 58 valence electrons. The summed E-state index contributed by atoms with van der Waals surface area (Å²) >= 11 is 0. The molecular formula is C9H17N. The molecule has 0 atom stereocenters. The lowest BCUT2D eigenvalue weighted by molar-refractivity contribution is 0.683. The Morgan fingerprint density at radius 2 is 1.60 bits per heavy atom. The van der Waals surface area contributed by atoms with E-state index in [1.165, 1.54) is 6.42 Å². The first-order valence-corrected chi connectivity index (χ1v) is 4.04. The molecular weight excluding hydrogens is 122 g/mol. The third kappa shape index (κ3) is 3.33. The summed E-state index contributed by atoms with van der Waals surface area (Å²) in [6, 6.07) is 4.10. The minimum atomic E-state index is 1.15. The van der Waals surface area contributed by atoms with Crippen molar-refractivity contribution in [3.63, 3.8) is 0 Å². The molecule has 0 aliphatic rings. The highest BCUT2D eigenvalue weighted by Gasteiger charge is 1.80. The SMILES string of the molecule is CC.CCCn1cccc1. The maximum Gasteiger partial charge on any atom is 0.0216 e. The van der Waals surface area contributed by atoms with Crippen LogP contribution in [0.15, 0.2) is 24.5 Å². The monoisotopic (exact) mass is 139 g/mol. The molecule has 0 fully saturated rings. The van der Waals surface area contributed by atoms with E-state index in [1.807, 2.05) is 13.8 Å². The van der Waals surface area contributed by atoms with E-state index in [1.54, 1.807) is 0 Å². The van der Waals surface area contributed by atoms with Gasteiger partial charge in [0.2, 0.25) is 0 Å². The van der Waals surface area contributed by atoms with Crippen LogP contribution in [-0.4, -0.2) is 4.57 Å². The average molecular weight is 139 g/mol. The summed E-state index contributed by atoms with van der Waals surface area (Å²) in [6.07, 6.45) is 5.39. The molecule has 1 aromatic rings. The van der Waals surface area contributed by atoms with Crippen molar-refractivity contribution in [3.8, 4) is 0 Å². The Labute approximate surface area is 63.7 Å². The van der Waals surface area contributed by atoms with Gasteiger partial charge in [-0.15, -0.1) is 0 Å². The van der Waals surface area contributed by atoms with Gasteiger partial charge >= 0.3 is 0 Å². The zero-order valence-electron chi connectivity index (χ0n) is 7.17. The van der Waals surface area contributed by atoms with Crippen molar-refractivity contribution in [1.82, 2.24) is 4.57 Å². The van der Waals surface area contributed by atoms with Crippen LogP contribution in [0.3, 0.4) is 0 Å². The molecule has 0 saturated carbocycles. The van der Waals surface area contributed by atoms with Gasteiger partial charge in [0.15, 0.2) is 0 Å². The summed E-state index contributed by atoms with van der Waals surface area (Å²) in [5, 5.41) is 0. The first kappa shape index (κ1) is 9.28. The lowest BCUT2D eigenvalue weighted by Crippen LogP contribution is -1.89. The third-order valence-corrected chi connectivity index (χ3v) is 1.15. The van der Waals surface area contributed by atoms with Gasteiger partial charge in [-0.3, -0.25) is 0 Å². The predicted molar refractivity (Wildman–Crippen MR) is 46.1 cm³/mol. The van der Waals surface area contributed by atoms with Gasteiger partial charge in [0.1, 0.15) is 0 Å². The molecule has 0 radical (unpaired) electrons. The van der Waals surface area contributed by atoms with Crippen LogP contribution in [-0.2, 0) is 6.54 Å². The summed E-state index contributed by atoms with van der Waals surface area (Å²) in [7, 11) is 0. The van der Waals surface area contributed by atoms with E-state index in [-0.39, 0.29) is 0 Å². The van der Waals surface area contributed by atoms with Gasteiger partial charge in [-0.25, -0.2) is 0 Å². The highest BCUT2D eigenvalue weighted by atomic mass is 14.9. The second-order valence-electron chi connectivity index (χ2n) is 1.92. The average Bonchev–Trinajstić information content (AvgIpc) is 2.46. The largest absolute Gasteiger partial charge is 0.354 e. The Balaban J connectivity index is 0.000000371. The molecule has 0 bridgehead atoms. The van der Waals surface area contributed by atoms with Crippen molar-refractivity contribution < 1.29 is 0 Å². The van der Waals surface area contributed by atoms with E-state index in [9.17, 15) is 0 Å². The molecule has 1 heterocycles. The van der Waals surface area contributed by atoms with Crippen molar-refractivity contribution in [2.45, 2.75) is 33.7 Å². The minimum absolute atomic E-state index is 1.15. The fourth-order valence-corrected chi connectivity index (χ4v) is 0.777. The summed E-state index contributed by atoms with van der Waals surface area (Å²) < 4.78 is 2.18. The normalized spacial score (nSPS) is 8.30. The first-order valence-electron chi connectivity index (χ1n) is 4.04. The van der Waals surface area contributed by atoms with Gasteiger partial charge in [0.05, 0.1) is 0 Å². The molecule has 1 rings (SSSR count). The van der Waals surface area contributed by atoms with Crippen LogP contribution < -0.4 is 0 Å². The molecule has 1 heteroatoms. The van der Waals surface area contributed by atoms with Crippen LogP contribution in [0.5, 0.6) is 0 Å². The third-order valence-electron chi connectivity index (χ3n) is 1.15. The number of aromatic nitrogens is 1. The Hall–Kier alpha value is -0.720. The standard InChI is InChI=1S/C7H11N.C2H6/c1-2-5-8-6-3-4-7-8;1-2/h3-4,6-7H,2,5H2,1H3;1-2H3. The van der Waals surface area contributed by atoms with E-state index in [2.05, 4.69) is 36.0 Å². The molecule has 0 N–H and O–H groups in total. The molecule has 0 amide bonds. The molecule has 0 aliphatic carbocycles. The Kier molecular flexibility index (Phi) is 5.94. The van der Waals surface area contributed by atoms with E-state index < -0.39 is 0 Å². The number of hydrogen-bond donors (Lipinski definition) is 0. The van der Waals surface area contributed by atoms with Crippen LogP contribution in [0, 0.1) is 0 Å². The number of rotatable bonds is 2. The second kappa shape index (κ2) is 6.40. The zero-order chi connectivity index (χ0) is 7.82. The molecule has 0 aliphatic heterocycles. The quantitative estimate of drug-likeness (QED) is 0.593. The highest BCUT2D eigenvalue weighted by Crippen LogP contribution is 1.90. The van der Waals surface area contributed by atoms with Crippen molar-refractivity contribution in [1.29, 1.82) is 0 Å². The second-order valence-corrected chi connectivity index (χ2v) is 1.92. The Morgan fingerprint density at radius 3 is 2.00 bits per heavy atom. The highest BCUT2D eigenvalue weighted by molar-refractivity contribution is 4.89. The number of nitrogens with zero attached hydrogens (tertiary/aromatic N) is 1. The summed E-state index contributed by atoms with van der Waals surface area (Å²) in [4.78, 5) is 0. The number of hydrogen-bond acceptors (Lipinski definition) is 0. The lowest BCUT2D eigenvalue weighted by Gasteiger charge is -1.94. The van der Waals surface area contributed by atoms with Crippen molar-refractivity contribution in [2.75, 3.05) is 0 Å². The topological polar surface area (TPSA) is 4.93 Å². The molecule has 1 aromatic heterocycles. The van der Waals surface area contributed by atoms with Crippen LogP contribution >= 0.6 is 0 Å². The smallest absolute Gasteiger partial charge is 0.0216 e. The maximum absolute atomic E-state index is 2.18. The van der Waals surface area contributed by atoms with E-state index in [0.717, 1.165) is 6.54 Å². The van der Waals surface area contributed by atoms with Gasteiger partial charge < -0.3 is 4.57 Å². The fourth-order valence-electron chi connectivity index (χ4n) is 0.777. The zero-order valence-corrected chi connectivity index (χ0v) is 7.17. The van der Waals surface area contributed by atoms with Gasteiger partial charge in [-0.1, -0.05) is 20.8 Å². The van der Waals surface area contributed by atoms with Crippen molar-refractivity contribution >= 4 is 0 Å². The summed E-state index contributed by atoms with van der Waals surface area (Å²) in [5.41, 5.74) is 0. The maximum atomic E-state index is 2.18. The van der Waals surface area contributed by atoms with Crippen molar-refractivity contribution in [2.24, 2.45) is 0 Å². The van der Waals surface area contributed by atoms with Gasteiger partial charge in [0.25, 0.3) is 0 Å². The van der Waals surface area contributed by atoms with E-state index >= 15 is 0 Å². The van der Waals surface area contributed by atoms with Gasteiger partial charge in [0, 0.05) is 18.9 Å². The van der Waals surface area contributed by atoms with Gasteiger partial charge in [-0.2, -0.15) is 0 Å². The molecule has 0 saturated heterocycles. The molecule has 0 unspecified atom stereocenters. The van der Waals surface area contributed by atoms with E-state index in [0.29, 0.717) is 0 Å². The van der Waals surface area contributed by atoms with Crippen LogP contribution in [0.2, 0.25) is 0 Å². The fraction of sp³-hybridized carbons (Fsp3) is 0.556. The minimum Gasteiger partial charge on any atom is -0.354 e. The molecule has 0 spiro atoms. The molecule has 10 heavy (non-hydrogen) atoms. The summed E-state index contributed by atoms with van der Waals surface area (Å²) in [5.74, 6) is 0. The Bertz CT molecular complexity index is 130. The molecule has 0 aromatic carbocycles.